The molecule has 1 atom stereocenters. The fourth-order valence-corrected chi connectivity index (χ4v) is 4.66. The predicted octanol–water partition coefficient (Wildman–Crippen LogP) is 6.62. The molecule has 4 rings (SSSR count). The number of rotatable bonds is 5. The number of nitrogens with zero attached hydrogens (tertiary/aromatic N) is 2. The minimum absolute atomic E-state index is 0.370. The highest BCUT2D eigenvalue weighted by atomic mass is 35.5. The van der Waals surface area contributed by atoms with E-state index in [9.17, 15) is 0 Å². The van der Waals surface area contributed by atoms with Gasteiger partial charge < -0.3 is 4.90 Å². The average Bonchev–Trinajstić information content (AvgIpc) is 2.76. The van der Waals surface area contributed by atoms with Crippen LogP contribution in [-0.2, 0) is 6.54 Å². The van der Waals surface area contributed by atoms with E-state index in [1.807, 2.05) is 12.1 Å². The zero-order valence-electron chi connectivity index (χ0n) is 18.2. The summed E-state index contributed by atoms with van der Waals surface area (Å²) >= 11 is 6.15. The van der Waals surface area contributed by atoms with Crippen molar-refractivity contribution < 1.29 is 0 Å². The quantitative estimate of drug-likeness (QED) is 0.459. The van der Waals surface area contributed by atoms with Gasteiger partial charge in [-0.1, -0.05) is 86.1 Å². The molecule has 0 spiro atoms. The monoisotopic (exact) mass is 418 g/mol. The number of benzene rings is 3. The highest BCUT2D eigenvalue weighted by Gasteiger charge is 2.27. The van der Waals surface area contributed by atoms with Crippen molar-refractivity contribution in [3.05, 3.63) is 94.5 Å². The van der Waals surface area contributed by atoms with Gasteiger partial charge in [-0.2, -0.15) is 0 Å². The van der Waals surface area contributed by atoms with Crippen LogP contribution in [0.4, 0.5) is 0 Å². The minimum Gasteiger partial charge on any atom is -0.303 e. The molecule has 1 aliphatic rings. The van der Waals surface area contributed by atoms with Crippen molar-refractivity contribution in [3.8, 4) is 11.1 Å². The third-order valence-corrected chi connectivity index (χ3v) is 6.46. The third kappa shape index (κ3) is 4.62. The second kappa shape index (κ2) is 9.34. The molecule has 0 radical (unpaired) electrons. The third-order valence-electron chi connectivity index (χ3n) is 6.21. The maximum Gasteiger partial charge on any atom is 0.0479 e. The first kappa shape index (κ1) is 21.1. The normalized spacial score (nSPS) is 18.1. The van der Waals surface area contributed by atoms with Gasteiger partial charge in [-0.05, 0) is 52.9 Å². The molecule has 156 valence electrons. The van der Waals surface area contributed by atoms with Gasteiger partial charge >= 0.3 is 0 Å². The number of hydrogen-bond donors (Lipinski definition) is 0. The van der Waals surface area contributed by atoms with E-state index in [0.717, 1.165) is 31.2 Å². The zero-order valence-corrected chi connectivity index (χ0v) is 18.9. The molecular weight excluding hydrogens is 388 g/mol. The van der Waals surface area contributed by atoms with Crippen LogP contribution >= 0.6 is 11.6 Å². The molecule has 3 aromatic rings. The second-order valence-electron chi connectivity index (χ2n) is 8.70. The van der Waals surface area contributed by atoms with E-state index in [4.69, 9.17) is 11.6 Å². The van der Waals surface area contributed by atoms with E-state index >= 15 is 0 Å². The molecular formula is C27H31ClN2. The second-order valence-corrected chi connectivity index (χ2v) is 9.14. The summed E-state index contributed by atoms with van der Waals surface area (Å²) in [4.78, 5) is 5.05. The van der Waals surface area contributed by atoms with Gasteiger partial charge in [0, 0.05) is 37.2 Å². The van der Waals surface area contributed by atoms with Gasteiger partial charge in [-0.25, -0.2) is 0 Å². The Balaban J connectivity index is 1.68. The van der Waals surface area contributed by atoms with Crippen LogP contribution in [0.5, 0.6) is 0 Å². The number of halogens is 1. The van der Waals surface area contributed by atoms with Gasteiger partial charge in [0.2, 0.25) is 0 Å². The standard InChI is InChI=1S/C27H31ClN2/c1-20(2)24-9-6-7-11-26(24)25-10-5-4-8-22(25)18-30-17-16-29(3)19-27(30)21-12-14-23(28)15-13-21/h4-15,20,27H,16-19H2,1-3H3/t27-/m0/s1. The van der Waals surface area contributed by atoms with E-state index in [1.165, 1.54) is 27.8 Å². The Hall–Kier alpha value is -2.13. The van der Waals surface area contributed by atoms with E-state index in [2.05, 4.69) is 91.4 Å². The lowest BCUT2D eigenvalue weighted by atomic mass is 9.90. The molecule has 0 unspecified atom stereocenters. The molecule has 0 aliphatic carbocycles. The summed E-state index contributed by atoms with van der Waals surface area (Å²) in [5.74, 6) is 0.500. The molecule has 0 bridgehead atoms. The van der Waals surface area contributed by atoms with Crippen molar-refractivity contribution in [3.63, 3.8) is 0 Å². The Kier molecular flexibility index (Phi) is 6.58. The molecule has 0 saturated carbocycles. The molecule has 1 saturated heterocycles. The minimum atomic E-state index is 0.370. The van der Waals surface area contributed by atoms with Crippen molar-refractivity contribution in [2.45, 2.75) is 32.4 Å². The fourth-order valence-electron chi connectivity index (χ4n) is 4.53. The lowest BCUT2D eigenvalue weighted by Crippen LogP contribution is -2.46. The maximum atomic E-state index is 6.15. The van der Waals surface area contributed by atoms with Crippen LogP contribution in [0, 0.1) is 0 Å². The van der Waals surface area contributed by atoms with Gasteiger partial charge in [0.25, 0.3) is 0 Å². The smallest absolute Gasteiger partial charge is 0.0479 e. The first-order valence-corrected chi connectivity index (χ1v) is 11.3. The van der Waals surface area contributed by atoms with Crippen molar-refractivity contribution in [2.24, 2.45) is 0 Å². The van der Waals surface area contributed by atoms with Crippen LogP contribution in [0.3, 0.4) is 0 Å². The molecule has 1 aliphatic heterocycles. The van der Waals surface area contributed by atoms with Crippen LogP contribution in [0.25, 0.3) is 11.1 Å². The van der Waals surface area contributed by atoms with E-state index in [0.29, 0.717) is 12.0 Å². The highest BCUT2D eigenvalue weighted by molar-refractivity contribution is 6.30. The molecule has 1 heterocycles. The number of hydrogen-bond acceptors (Lipinski definition) is 2. The van der Waals surface area contributed by atoms with Gasteiger partial charge in [0.15, 0.2) is 0 Å². The molecule has 0 amide bonds. The molecule has 0 aromatic heterocycles. The fraction of sp³-hybridized carbons (Fsp3) is 0.333. The Morgan fingerprint density at radius 2 is 1.53 bits per heavy atom. The SMILES string of the molecule is CC(C)c1ccccc1-c1ccccc1CN1CCN(C)C[C@H]1c1ccc(Cl)cc1. The summed E-state index contributed by atoms with van der Waals surface area (Å²) in [5, 5.41) is 0.796. The number of piperazine rings is 1. The summed E-state index contributed by atoms with van der Waals surface area (Å²) in [7, 11) is 2.22. The Labute approximate surface area is 186 Å². The molecule has 2 nitrogen and oxygen atoms in total. The van der Waals surface area contributed by atoms with Crippen molar-refractivity contribution in [1.29, 1.82) is 0 Å². The van der Waals surface area contributed by atoms with Gasteiger partial charge in [0.1, 0.15) is 0 Å². The molecule has 3 aromatic carbocycles. The first-order valence-electron chi connectivity index (χ1n) is 10.9. The van der Waals surface area contributed by atoms with E-state index < -0.39 is 0 Å². The van der Waals surface area contributed by atoms with E-state index in [1.54, 1.807) is 0 Å². The Bertz CT molecular complexity index is 980. The molecule has 3 heteroatoms. The van der Waals surface area contributed by atoms with Gasteiger partial charge in [-0.15, -0.1) is 0 Å². The summed E-state index contributed by atoms with van der Waals surface area (Å²) < 4.78 is 0. The van der Waals surface area contributed by atoms with Crippen LogP contribution in [-0.4, -0.2) is 36.5 Å². The average molecular weight is 419 g/mol. The predicted molar refractivity (Wildman–Crippen MR) is 128 cm³/mol. The van der Waals surface area contributed by atoms with Crippen molar-refractivity contribution in [1.82, 2.24) is 9.80 Å². The summed E-state index contributed by atoms with van der Waals surface area (Å²) in [5.41, 5.74) is 6.87. The lowest BCUT2D eigenvalue weighted by Gasteiger charge is -2.40. The summed E-state index contributed by atoms with van der Waals surface area (Å²) in [6.45, 7) is 8.69. The Morgan fingerprint density at radius 3 is 2.27 bits per heavy atom. The van der Waals surface area contributed by atoms with Crippen LogP contribution in [0.2, 0.25) is 5.02 Å². The molecule has 0 N–H and O–H groups in total. The molecule has 1 fully saturated rings. The topological polar surface area (TPSA) is 6.48 Å². The highest BCUT2D eigenvalue weighted by Crippen LogP contribution is 2.34. The van der Waals surface area contributed by atoms with Crippen LogP contribution < -0.4 is 0 Å². The van der Waals surface area contributed by atoms with Gasteiger partial charge in [-0.3, -0.25) is 4.90 Å². The Morgan fingerprint density at radius 1 is 0.867 bits per heavy atom. The lowest BCUT2D eigenvalue weighted by molar-refractivity contribution is 0.0835. The molecule has 30 heavy (non-hydrogen) atoms. The summed E-state index contributed by atoms with van der Waals surface area (Å²) in [6.07, 6.45) is 0. The number of likely N-dealkylation sites (N-methyl/N-ethyl adjacent to an activating group) is 1. The largest absolute Gasteiger partial charge is 0.303 e. The van der Waals surface area contributed by atoms with Crippen molar-refractivity contribution in [2.75, 3.05) is 26.7 Å². The van der Waals surface area contributed by atoms with Crippen LogP contribution in [0.1, 0.15) is 42.5 Å². The first-order chi connectivity index (χ1) is 14.5. The summed E-state index contributed by atoms with van der Waals surface area (Å²) in [6, 6.07) is 26.5. The maximum absolute atomic E-state index is 6.15. The zero-order chi connectivity index (χ0) is 21.1. The van der Waals surface area contributed by atoms with E-state index in [-0.39, 0.29) is 0 Å². The van der Waals surface area contributed by atoms with Crippen molar-refractivity contribution >= 4 is 11.6 Å². The van der Waals surface area contributed by atoms with Crippen LogP contribution in [0.15, 0.2) is 72.8 Å². The van der Waals surface area contributed by atoms with Gasteiger partial charge in [0.05, 0.1) is 0 Å².